The van der Waals surface area contributed by atoms with E-state index in [9.17, 15) is 0 Å². The van der Waals surface area contributed by atoms with E-state index in [1.54, 1.807) is 0 Å². The first-order valence-electron chi connectivity index (χ1n) is 7.33. The molecule has 0 saturated heterocycles. The summed E-state index contributed by atoms with van der Waals surface area (Å²) in [5.74, 6) is 1.55. The number of anilines is 1. The van der Waals surface area contributed by atoms with Crippen molar-refractivity contribution in [3.05, 3.63) is 35.4 Å². The van der Waals surface area contributed by atoms with E-state index in [0.717, 1.165) is 30.7 Å². The quantitative estimate of drug-likeness (QED) is 0.835. The van der Waals surface area contributed by atoms with Crippen LogP contribution in [0.1, 0.15) is 51.2 Å². The number of aryl methyl sites for hydroxylation is 1. The molecule has 2 heteroatoms. The van der Waals surface area contributed by atoms with Gasteiger partial charge in [-0.1, -0.05) is 45.9 Å². The summed E-state index contributed by atoms with van der Waals surface area (Å²) in [6, 6.07) is 8.77. The molecule has 0 spiro atoms. The standard InChI is InChI=1S/C17H24N2/c1-5-10-18-17-15(12(3)4)11-14-9-7-8-13(6-2)16(14)19-17/h7-9,11-12H,5-6,10H2,1-4H3,(H,18,19). The van der Waals surface area contributed by atoms with E-state index < -0.39 is 0 Å². The summed E-state index contributed by atoms with van der Waals surface area (Å²) in [5.41, 5.74) is 3.79. The Labute approximate surface area is 116 Å². The summed E-state index contributed by atoms with van der Waals surface area (Å²) >= 11 is 0. The summed E-state index contributed by atoms with van der Waals surface area (Å²) in [4.78, 5) is 4.89. The molecule has 1 aromatic heterocycles. The molecule has 0 amide bonds. The number of nitrogens with zero attached hydrogens (tertiary/aromatic N) is 1. The second-order valence-corrected chi connectivity index (χ2v) is 5.35. The Morgan fingerprint density at radius 1 is 1.21 bits per heavy atom. The molecule has 2 nitrogen and oxygen atoms in total. The van der Waals surface area contributed by atoms with Crippen LogP contribution < -0.4 is 5.32 Å². The Morgan fingerprint density at radius 2 is 2.00 bits per heavy atom. The third kappa shape index (κ3) is 2.89. The van der Waals surface area contributed by atoms with Crippen LogP contribution >= 0.6 is 0 Å². The van der Waals surface area contributed by atoms with Gasteiger partial charge in [0.1, 0.15) is 5.82 Å². The minimum Gasteiger partial charge on any atom is -0.370 e. The van der Waals surface area contributed by atoms with Crippen LogP contribution in [0, 0.1) is 0 Å². The molecule has 0 radical (unpaired) electrons. The third-order valence-electron chi connectivity index (χ3n) is 3.50. The fraction of sp³-hybridized carbons (Fsp3) is 0.471. The van der Waals surface area contributed by atoms with Gasteiger partial charge in [-0.3, -0.25) is 0 Å². The molecule has 0 unspecified atom stereocenters. The molecule has 0 aliphatic heterocycles. The summed E-state index contributed by atoms with van der Waals surface area (Å²) < 4.78 is 0. The van der Waals surface area contributed by atoms with Crippen LogP contribution in [0.5, 0.6) is 0 Å². The zero-order valence-electron chi connectivity index (χ0n) is 12.5. The highest BCUT2D eigenvalue weighted by atomic mass is 15.0. The van der Waals surface area contributed by atoms with Gasteiger partial charge in [-0.25, -0.2) is 4.98 Å². The molecule has 1 aromatic carbocycles. The van der Waals surface area contributed by atoms with Crippen molar-refractivity contribution in [2.24, 2.45) is 0 Å². The fourth-order valence-corrected chi connectivity index (χ4v) is 2.39. The van der Waals surface area contributed by atoms with Crippen molar-refractivity contribution in [2.45, 2.75) is 46.5 Å². The van der Waals surface area contributed by atoms with E-state index in [0.29, 0.717) is 5.92 Å². The summed E-state index contributed by atoms with van der Waals surface area (Å²) in [5, 5.41) is 4.73. The maximum atomic E-state index is 4.89. The summed E-state index contributed by atoms with van der Waals surface area (Å²) in [7, 11) is 0. The average molecular weight is 256 g/mol. The Kier molecular flexibility index (Phi) is 4.41. The van der Waals surface area contributed by atoms with Crippen LogP contribution in [0.4, 0.5) is 5.82 Å². The number of para-hydroxylation sites is 1. The molecule has 0 fully saturated rings. The second-order valence-electron chi connectivity index (χ2n) is 5.35. The molecule has 2 rings (SSSR count). The Bertz CT molecular complexity index is 558. The number of fused-ring (bicyclic) bond motifs is 1. The third-order valence-corrected chi connectivity index (χ3v) is 3.50. The minimum absolute atomic E-state index is 0.488. The highest BCUT2D eigenvalue weighted by Crippen LogP contribution is 2.28. The Balaban J connectivity index is 2.59. The number of hydrogen-bond acceptors (Lipinski definition) is 2. The molecule has 0 atom stereocenters. The zero-order chi connectivity index (χ0) is 13.8. The second kappa shape index (κ2) is 6.05. The van der Waals surface area contributed by atoms with Crippen molar-refractivity contribution in [3.8, 4) is 0 Å². The number of benzene rings is 1. The van der Waals surface area contributed by atoms with Gasteiger partial charge in [0.05, 0.1) is 5.52 Å². The van der Waals surface area contributed by atoms with Crippen molar-refractivity contribution < 1.29 is 0 Å². The molecule has 19 heavy (non-hydrogen) atoms. The van der Waals surface area contributed by atoms with Gasteiger partial charge in [0, 0.05) is 11.9 Å². The van der Waals surface area contributed by atoms with Gasteiger partial charge in [0.25, 0.3) is 0 Å². The highest BCUT2D eigenvalue weighted by molar-refractivity contribution is 5.84. The fourth-order valence-electron chi connectivity index (χ4n) is 2.39. The Morgan fingerprint density at radius 3 is 2.63 bits per heavy atom. The smallest absolute Gasteiger partial charge is 0.130 e. The van der Waals surface area contributed by atoms with Crippen molar-refractivity contribution in [1.82, 2.24) is 4.98 Å². The maximum Gasteiger partial charge on any atom is 0.130 e. The van der Waals surface area contributed by atoms with Crippen LogP contribution in [0.15, 0.2) is 24.3 Å². The average Bonchev–Trinajstić information content (AvgIpc) is 2.43. The first kappa shape index (κ1) is 13.9. The van der Waals surface area contributed by atoms with Crippen molar-refractivity contribution in [2.75, 3.05) is 11.9 Å². The lowest BCUT2D eigenvalue weighted by Gasteiger charge is -2.16. The number of rotatable bonds is 5. The van der Waals surface area contributed by atoms with Gasteiger partial charge >= 0.3 is 0 Å². The molecular formula is C17H24N2. The van der Waals surface area contributed by atoms with E-state index in [1.807, 2.05) is 0 Å². The Hall–Kier alpha value is -1.57. The summed E-state index contributed by atoms with van der Waals surface area (Å²) in [6.45, 7) is 9.80. The van der Waals surface area contributed by atoms with Crippen LogP contribution in [0.2, 0.25) is 0 Å². The molecule has 0 aliphatic carbocycles. The normalized spacial score (nSPS) is 11.2. The van der Waals surface area contributed by atoms with E-state index >= 15 is 0 Å². The molecule has 0 saturated carbocycles. The summed E-state index contributed by atoms with van der Waals surface area (Å²) in [6.07, 6.45) is 2.14. The monoisotopic (exact) mass is 256 g/mol. The van der Waals surface area contributed by atoms with E-state index in [1.165, 1.54) is 16.5 Å². The van der Waals surface area contributed by atoms with Gasteiger partial charge in [-0.05, 0) is 36.0 Å². The largest absolute Gasteiger partial charge is 0.370 e. The van der Waals surface area contributed by atoms with Crippen molar-refractivity contribution in [1.29, 1.82) is 0 Å². The molecule has 1 N–H and O–H groups in total. The minimum atomic E-state index is 0.488. The van der Waals surface area contributed by atoms with Crippen LogP contribution in [-0.4, -0.2) is 11.5 Å². The molecular weight excluding hydrogens is 232 g/mol. The van der Waals surface area contributed by atoms with Gasteiger partial charge in [-0.15, -0.1) is 0 Å². The molecule has 2 aromatic rings. The number of nitrogens with one attached hydrogen (secondary N) is 1. The van der Waals surface area contributed by atoms with Crippen LogP contribution in [-0.2, 0) is 6.42 Å². The number of hydrogen-bond donors (Lipinski definition) is 1. The maximum absolute atomic E-state index is 4.89. The van der Waals surface area contributed by atoms with Crippen LogP contribution in [0.3, 0.4) is 0 Å². The van der Waals surface area contributed by atoms with Crippen molar-refractivity contribution >= 4 is 16.7 Å². The lowest BCUT2D eigenvalue weighted by Crippen LogP contribution is -2.07. The number of aromatic nitrogens is 1. The lowest BCUT2D eigenvalue weighted by molar-refractivity contribution is 0.856. The predicted octanol–water partition coefficient (Wildman–Crippen LogP) is 4.74. The highest BCUT2D eigenvalue weighted by Gasteiger charge is 2.11. The SMILES string of the molecule is CCCNc1nc2c(CC)cccc2cc1C(C)C. The first-order chi connectivity index (χ1) is 9.17. The lowest BCUT2D eigenvalue weighted by atomic mass is 9.99. The molecule has 0 aliphatic rings. The van der Waals surface area contributed by atoms with Gasteiger partial charge in [-0.2, -0.15) is 0 Å². The van der Waals surface area contributed by atoms with E-state index in [4.69, 9.17) is 4.98 Å². The van der Waals surface area contributed by atoms with Crippen molar-refractivity contribution in [3.63, 3.8) is 0 Å². The van der Waals surface area contributed by atoms with Gasteiger partial charge in [0.15, 0.2) is 0 Å². The number of pyridine rings is 1. The topological polar surface area (TPSA) is 24.9 Å². The predicted molar refractivity (Wildman–Crippen MR) is 84.0 cm³/mol. The zero-order valence-corrected chi connectivity index (χ0v) is 12.5. The first-order valence-corrected chi connectivity index (χ1v) is 7.33. The van der Waals surface area contributed by atoms with Crippen LogP contribution in [0.25, 0.3) is 10.9 Å². The molecule has 0 bridgehead atoms. The van der Waals surface area contributed by atoms with E-state index in [2.05, 4.69) is 57.3 Å². The van der Waals surface area contributed by atoms with Gasteiger partial charge in [0.2, 0.25) is 0 Å². The molecule has 1 heterocycles. The van der Waals surface area contributed by atoms with Gasteiger partial charge < -0.3 is 5.32 Å². The van der Waals surface area contributed by atoms with E-state index in [-0.39, 0.29) is 0 Å². The molecule has 102 valence electrons.